The molecular weight excluding hydrogens is 218 g/mol. The van der Waals surface area contributed by atoms with E-state index in [4.69, 9.17) is 0 Å². The molecule has 2 aromatic rings. The number of hydrogen-bond acceptors (Lipinski definition) is 3. The zero-order chi connectivity index (χ0) is 11.7. The van der Waals surface area contributed by atoms with E-state index < -0.39 is 0 Å². The highest BCUT2D eigenvalue weighted by Crippen LogP contribution is 2.14. The van der Waals surface area contributed by atoms with E-state index in [2.05, 4.69) is 25.5 Å². The maximum Gasteiger partial charge on any atom is 0.273 e. The van der Waals surface area contributed by atoms with E-state index in [1.165, 1.54) is 0 Å². The van der Waals surface area contributed by atoms with Crippen molar-refractivity contribution in [1.82, 2.24) is 20.4 Å². The third kappa shape index (κ3) is 1.65. The molecule has 3 N–H and O–H groups in total. The van der Waals surface area contributed by atoms with Gasteiger partial charge in [-0.1, -0.05) is 0 Å². The van der Waals surface area contributed by atoms with Crippen molar-refractivity contribution in [3.63, 3.8) is 0 Å². The Kier molecular flexibility index (Phi) is 2.11. The Balaban J connectivity index is 2.03. The second-order valence-corrected chi connectivity index (χ2v) is 3.52. The van der Waals surface area contributed by atoms with Crippen LogP contribution in [0.25, 0.3) is 6.08 Å². The smallest absolute Gasteiger partial charge is 0.273 e. The van der Waals surface area contributed by atoms with Gasteiger partial charge in [0, 0.05) is 24.3 Å². The van der Waals surface area contributed by atoms with E-state index in [0.717, 1.165) is 5.69 Å². The SMILES string of the molecule is O=C1NN=C(c2ncc[nH]2)/C1=C\c1ccc[nH]1. The standard InChI is InChI=1S/C11H9N5O/c17-11-8(6-7-2-1-3-12-7)9(15-16-11)10-13-4-5-14-10/h1-6,12H,(H,13,14)(H,16,17)/b8-6+. The third-order valence-electron chi connectivity index (χ3n) is 2.41. The minimum absolute atomic E-state index is 0.231. The Hall–Kier alpha value is -2.63. The molecule has 1 amide bonds. The van der Waals surface area contributed by atoms with Gasteiger partial charge in [-0.25, -0.2) is 10.4 Å². The number of aromatic nitrogens is 3. The molecule has 0 unspecified atom stereocenters. The molecule has 17 heavy (non-hydrogen) atoms. The number of H-pyrrole nitrogens is 2. The molecule has 0 saturated carbocycles. The number of carbonyl (C=O) groups excluding carboxylic acids is 1. The topological polar surface area (TPSA) is 85.9 Å². The second kappa shape index (κ2) is 3.75. The van der Waals surface area contributed by atoms with Crippen molar-refractivity contribution in [3.05, 3.63) is 47.8 Å². The molecule has 0 atom stereocenters. The van der Waals surface area contributed by atoms with Gasteiger partial charge in [0.05, 0.1) is 5.57 Å². The van der Waals surface area contributed by atoms with Crippen molar-refractivity contribution >= 4 is 17.7 Å². The van der Waals surface area contributed by atoms with Gasteiger partial charge in [-0.05, 0) is 18.2 Å². The monoisotopic (exact) mass is 227 g/mol. The highest BCUT2D eigenvalue weighted by atomic mass is 16.2. The highest BCUT2D eigenvalue weighted by molar-refractivity contribution is 6.32. The summed E-state index contributed by atoms with van der Waals surface area (Å²) in [5.74, 6) is 0.340. The Bertz CT molecular complexity index is 592. The molecule has 0 radical (unpaired) electrons. The summed E-state index contributed by atoms with van der Waals surface area (Å²) in [6, 6.07) is 3.74. The van der Waals surface area contributed by atoms with Crippen LogP contribution in [0.3, 0.4) is 0 Å². The Morgan fingerprint density at radius 2 is 2.18 bits per heavy atom. The summed E-state index contributed by atoms with van der Waals surface area (Å²) in [4.78, 5) is 21.7. The third-order valence-corrected chi connectivity index (χ3v) is 2.41. The quantitative estimate of drug-likeness (QED) is 0.658. The van der Waals surface area contributed by atoms with Crippen molar-refractivity contribution in [2.24, 2.45) is 5.10 Å². The molecule has 0 aromatic carbocycles. The molecule has 0 bridgehead atoms. The fourth-order valence-electron chi connectivity index (χ4n) is 1.63. The number of imidazole rings is 1. The summed E-state index contributed by atoms with van der Waals surface area (Å²) < 4.78 is 0. The minimum Gasteiger partial charge on any atom is -0.362 e. The molecule has 1 aliphatic heterocycles. The zero-order valence-electron chi connectivity index (χ0n) is 8.77. The highest BCUT2D eigenvalue weighted by Gasteiger charge is 2.25. The van der Waals surface area contributed by atoms with Crippen LogP contribution < -0.4 is 5.43 Å². The molecule has 2 aromatic heterocycles. The van der Waals surface area contributed by atoms with Gasteiger partial charge in [0.25, 0.3) is 5.91 Å². The van der Waals surface area contributed by atoms with E-state index in [0.29, 0.717) is 17.1 Å². The molecule has 6 nitrogen and oxygen atoms in total. The van der Waals surface area contributed by atoms with Gasteiger partial charge in [-0.2, -0.15) is 5.10 Å². The molecule has 0 spiro atoms. The lowest BCUT2D eigenvalue weighted by atomic mass is 10.1. The predicted octanol–water partition coefficient (Wildman–Crippen LogP) is 0.655. The molecule has 1 aliphatic rings. The lowest BCUT2D eigenvalue weighted by Crippen LogP contribution is -2.14. The molecule has 6 heteroatoms. The van der Waals surface area contributed by atoms with Gasteiger partial charge in [0.2, 0.25) is 0 Å². The van der Waals surface area contributed by atoms with Gasteiger partial charge in [-0.3, -0.25) is 4.79 Å². The number of aromatic amines is 2. The summed E-state index contributed by atoms with van der Waals surface area (Å²) in [5.41, 5.74) is 4.28. The summed E-state index contributed by atoms with van der Waals surface area (Å²) in [6.45, 7) is 0. The molecule has 0 fully saturated rings. The number of nitrogens with zero attached hydrogens (tertiary/aromatic N) is 2. The molecule has 0 saturated heterocycles. The van der Waals surface area contributed by atoms with Crippen LogP contribution in [0.2, 0.25) is 0 Å². The Labute approximate surface area is 96.5 Å². The van der Waals surface area contributed by atoms with Gasteiger partial charge >= 0.3 is 0 Å². The lowest BCUT2D eigenvalue weighted by molar-refractivity contribution is -0.116. The first-order chi connectivity index (χ1) is 8.34. The van der Waals surface area contributed by atoms with E-state index in [1.807, 2.05) is 12.1 Å². The summed E-state index contributed by atoms with van der Waals surface area (Å²) in [7, 11) is 0. The molecular formula is C11H9N5O. The lowest BCUT2D eigenvalue weighted by Gasteiger charge is -1.96. The van der Waals surface area contributed by atoms with E-state index in [-0.39, 0.29) is 5.91 Å². The fraction of sp³-hybridized carbons (Fsp3) is 0. The number of rotatable bonds is 2. The van der Waals surface area contributed by atoms with Crippen LogP contribution >= 0.6 is 0 Å². The second-order valence-electron chi connectivity index (χ2n) is 3.52. The number of carbonyl (C=O) groups is 1. The Morgan fingerprint density at radius 3 is 2.88 bits per heavy atom. The Morgan fingerprint density at radius 1 is 1.24 bits per heavy atom. The van der Waals surface area contributed by atoms with Crippen LogP contribution in [-0.2, 0) is 4.79 Å². The van der Waals surface area contributed by atoms with E-state index in [1.54, 1.807) is 24.7 Å². The largest absolute Gasteiger partial charge is 0.362 e. The van der Waals surface area contributed by atoms with Crippen LogP contribution in [0.1, 0.15) is 11.5 Å². The number of amides is 1. The average Bonchev–Trinajstić information content (AvgIpc) is 3.03. The first kappa shape index (κ1) is 9.59. The first-order valence-corrected chi connectivity index (χ1v) is 5.08. The predicted molar refractivity (Wildman–Crippen MR) is 62.0 cm³/mol. The molecule has 3 heterocycles. The number of hydrogen-bond donors (Lipinski definition) is 3. The van der Waals surface area contributed by atoms with Gasteiger partial charge in [0.15, 0.2) is 5.82 Å². The van der Waals surface area contributed by atoms with Gasteiger partial charge in [0.1, 0.15) is 5.71 Å². The summed E-state index contributed by atoms with van der Waals surface area (Å²) >= 11 is 0. The zero-order valence-corrected chi connectivity index (χ0v) is 8.77. The summed E-state index contributed by atoms with van der Waals surface area (Å²) in [5, 5.41) is 3.96. The molecule has 0 aliphatic carbocycles. The summed E-state index contributed by atoms with van der Waals surface area (Å²) in [6.07, 6.45) is 6.84. The number of nitrogens with one attached hydrogen (secondary N) is 3. The minimum atomic E-state index is -0.231. The van der Waals surface area contributed by atoms with Crippen LogP contribution in [0.4, 0.5) is 0 Å². The van der Waals surface area contributed by atoms with E-state index in [9.17, 15) is 4.79 Å². The van der Waals surface area contributed by atoms with Crippen LogP contribution in [-0.4, -0.2) is 26.6 Å². The first-order valence-electron chi connectivity index (χ1n) is 5.08. The number of hydrazone groups is 1. The van der Waals surface area contributed by atoms with Gasteiger partial charge < -0.3 is 9.97 Å². The van der Waals surface area contributed by atoms with E-state index >= 15 is 0 Å². The van der Waals surface area contributed by atoms with Gasteiger partial charge in [-0.15, -0.1) is 0 Å². The van der Waals surface area contributed by atoms with Crippen molar-refractivity contribution in [3.8, 4) is 0 Å². The van der Waals surface area contributed by atoms with Crippen molar-refractivity contribution in [2.45, 2.75) is 0 Å². The van der Waals surface area contributed by atoms with Crippen LogP contribution in [0, 0.1) is 0 Å². The maximum atomic E-state index is 11.7. The van der Waals surface area contributed by atoms with Crippen molar-refractivity contribution < 1.29 is 4.79 Å². The fourth-order valence-corrected chi connectivity index (χ4v) is 1.63. The van der Waals surface area contributed by atoms with Crippen molar-refractivity contribution in [1.29, 1.82) is 0 Å². The van der Waals surface area contributed by atoms with Crippen LogP contribution in [0.5, 0.6) is 0 Å². The average molecular weight is 227 g/mol. The normalized spacial score (nSPS) is 17.3. The molecule has 3 rings (SSSR count). The molecule has 84 valence electrons. The van der Waals surface area contributed by atoms with Crippen LogP contribution in [0.15, 0.2) is 41.4 Å². The van der Waals surface area contributed by atoms with Crippen molar-refractivity contribution in [2.75, 3.05) is 0 Å². The maximum absolute atomic E-state index is 11.7.